The van der Waals surface area contributed by atoms with Crippen LogP contribution in [-0.4, -0.2) is 34.9 Å². The first-order valence-corrected chi connectivity index (χ1v) is 9.18. The molecule has 0 unspecified atom stereocenters. The second-order valence-electron chi connectivity index (χ2n) is 7.10. The molecule has 9 heteroatoms. The molecule has 4 aromatic rings. The minimum Gasteiger partial charge on any atom is -0.362 e. The van der Waals surface area contributed by atoms with E-state index >= 15 is 0 Å². The molecule has 0 radical (unpaired) electrons. The van der Waals surface area contributed by atoms with Gasteiger partial charge in [-0.05, 0) is 25.0 Å². The van der Waals surface area contributed by atoms with Gasteiger partial charge in [0.15, 0.2) is 17.3 Å². The highest BCUT2D eigenvalue weighted by molar-refractivity contribution is 5.90. The van der Waals surface area contributed by atoms with Gasteiger partial charge in [0.2, 0.25) is 5.89 Å². The van der Waals surface area contributed by atoms with Crippen molar-refractivity contribution in [3.8, 4) is 11.4 Å². The zero-order valence-electron chi connectivity index (χ0n) is 16.3. The van der Waals surface area contributed by atoms with Gasteiger partial charge in [0, 0.05) is 31.4 Å². The number of pyridine rings is 1. The minimum absolute atomic E-state index is 0.401. The number of aromatic nitrogens is 7. The van der Waals surface area contributed by atoms with Crippen LogP contribution in [0.4, 0.5) is 5.82 Å². The van der Waals surface area contributed by atoms with Crippen LogP contribution in [0.3, 0.4) is 0 Å². The van der Waals surface area contributed by atoms with Crippen molar-refractivity contribution in [1.82, 2.24) is 34.9 Å². The first-order chi connectivity index (χ1) is 13.5. The minimum atomic E-state index is 0.401. The van der Waals surface area contributed by atoms with Crippen molar-refractivity contribution in [2.75, 3.05) is 5.32 Å². The molecule has 4 heterocycles. The van der Waals surface area contributed by atoms with E-state index in [1.54, 1.807) is 17.1 Å². The number of rotatable bonds is 6. The molecule has 0 saturated heterocycles. The highest BCUT2D eigenvalue weighted by Crippen LogP contribution is 2.27. The van der Waals surface area contributed by atoms with Gasteiger partial charge in [0.25, 0.3) is 0 Å². The zero-order valence-corrected chi connectivity index (χ0v) is 16.3. The Morgan fingerprint density at radius 1 is 1.14 bits per heavy atom. The Morgan fingerprint density at radius 2 is 1.93 bits per heavy atom. The van der Waals surface area contributed by atoms with Crippen molar-refractivity contribution in [3.05, 3.63) is 41.9 Å². The summed E-state index contributed by atoms with van der Waals surface area (Å²) in [7, 11) is 1.87. The largest absolute Gasteiger partial charge is 0.362 e. The van der Waals surface area contributed by atoms with Crippen molar-refractivity contribution < 1.29 is 4.52 Å². The molecule has 0 aliphatic rings. The lowest BCUT2D eigenvalue weighted by atomic mass is 10.1. The van der Waals surface area contributed by atoms with Gasteiger partial charge in [-0.15, -0.1) is 0 Å². The molecular formula is C19H22N8O. The first kappa shape index (κ1) is 18.0. The average molecular weight is 378 g/mol. The molecule has 4 rings (SSSR count). The summed E-state index contributed by atoms with van der Waals surface area (Å²) in [4.78, 5) is 17.9. The Balaban J connectivity index is 1.68. The fourth-order valence-electron chi connectivity index (χ4n) is 3.05. The fraction of sp³-hybridized carbons (Fsp3) is 0.368. The topological polar surface area (TPSA) is 107 Å². The molecule has 28 heavy (non-hydrogen) atoms. The highest BCUT2D eigenvalue weighted by Gasteiger charge is 2.17. The van der Waals surface area contributed by atoms with Gasteiger partial charge in [-0.2, -0.15) is 10.1 Å². The van der Waals surface area contributed by atoms with Crippen LogP contribution in [0.5, 0.6) is 0 Å². The van der Waals surface area contributed by atoms with E-state index in [2.05, 4.69) is 39.4 Å². The van der Waals surface area contributed by atoms with E-state index in [9.17, 15) is 0 Å². The van der Waals surface area contributed by atoms with Gasteiger partial charge in [0.1, 0.15) is 5.82 Å². The molecule has 0 aliphatic heterocycles. The number of nitrogens with one attached hydrogen (secondary N) is 1. The lowest BCUT2D eigenvalue weighted by Crippen LogP contribution is -2.06. The standard InChI is InChI=1S/C19H22N8O/c1-11(2)9-15-22-14(26-28-15)10-21-18-16-12(3)25-27(4)19(16)24-17(23-18)13-5-7-20-8-6-13/h5-8,11H,9-10H2,1-4H3,(H,21,23,24). The molecule has 1 N–H and O–H groups in total. The van der Waals surface area contributed by atoms with Crippen molar-refractivity contribution in [3.63, 3.8) is 0 Å². The van der Waals surface area contributed by atoms with E-state index in [0.717, 1.165) is 28.7 Å². The normalized spacial score (nSPS) is 11.5. The Labute approximate surface area is 162 Å². The van der Waals surface area contributed by atoms with Crippen LogP contribution < -0.4 is 5.32 Å². The van der Waals surface area contributed by atoms with E-state index in [4.69, 9.17) is 14.5 Å². The van der Waals surface area contributed by atoms with Crippen LogP contribution in [0.25, 0.3) is 22.4 Å². The monoisotopic (exact) mass is 378 g/mol. The zero-order chi connectivity index (χ0) is 19.7. The van der Waals surface area contributed by atoms with Crippen molar-refractivity contribution >= 4 is 16.9 Å². The van der Waals surface area contributed by atoms with E-state index < -0.39 is 0 Å². The van der Waals surface area contributed by atoms with Crippen molar-refractivity contribution in [1.29, 1.82) is 0 Å². The predicted octanol–water partition coefficient (Wildman–Crippen LogP) is 2.93. The molecule has 144 valence electrons. The van der Waals surface area contributed by atoms with Gasteiger partial charge in [0.05, 0.1) is 17.6 Å². The van der Waals surface area contributed by atoms with Gasteiger partial charge < -0.3 is 9.84 Å². The lowest BCUT2D eigenvalue weighted by Gasteiger charge is -2.08. The summed E-state index contributed by atoms with van der Waals surface area (Å²) < 4.78 is 7.08. The Hall–Kier alpha value is -3.36. The molecule has 0 fully saturated rings. The van der Waals surface area contributed by atoms with Gasteiger partial charge in [-0.1, -0.05) is 19.0 Å². The maximum absolute atomic E-state index is 5.31. The third-order valence-corrected chi connectivity index (χ3v) is 4.30. The number of fused-ring (bicyclic) bond motifs is 1. The van der Waals surface area contributed by atoms with Gasteiger partial charge in [-0.25, -0.2) is 9.97 Å². The van der Waals surface area contributed by atoms with Gasteiger partial charge >= 0.3 is 0 Å². The molecule has 0 aromatic carbocycles. The number of aryl methyl sites for hydroxylation is 2. The maximum atomic E-state index is 5.31. The lowest BCUT2D eigenvalue weighted by molar-refractivity contribution is 0.359. The summed E-state index contributed by atoms with van der Waals surface area (Å²) in [5.41, 5.74) is 2.50. The Morgan fingerprint density at radius 3 is 2.68 bits per heavy atom. The Kier molecular flexibility index (Phi) is 4.72. The number of hydrogen-bond acceptors (Lipinski definition) is 8. The van der Waals surface area contributed by atoms with E-state index in [1.807, 2.05) is 26.1 Å². The van der Waals surface area contributed by atoms with Crippen LogP contribution in [0.1, 0.15) is 31.3 Å². The van der Waals surface area contributed by atoms with Crippen molar-refractivity contribution in [2.45, 2.75) is 33.7 Å². The van der Waals surface area contributed by atoms with Crippen LogP contribution in [0.2, 0.25) is 0 Å². The first-order valence-electron chi connectivity index (χ1n) is 9.18. The van der Waals surface area contributed by atoms with Crippen LogP contribution in [0, 0.1) is 12.8 Å². The number of anilines is 1. The number of hydrogen-bond donors (Lipinski definition) is 1. The molecule has 0 atom stereocenters. The number of nitrogens with zero attached hydrogens (tertiary/aromatic N) is 7. The maximum Gasteiger partial charge on any atom is 0.226 e. The third-order valence-electron chi connectivity index (χ3n) is 4.30. The molecule has 0 spiro atoms. The summed E-state index contributed by atoms with van der Waals surface area (Å²) in [6, 6.07) is 3.76. The van der Waals surface area contributed by atoms with Crippen LogP contribution in [0.15, 0.2) is 29.0 Å². The predicted molar refractivity (Wildman–Crippen MR) is 104 cm³/mol. The second-order valence-corrected chi connectivity index (χ2v) is 7.10. The van der Waals surface area contributed by atoms with Crippen molar-refractivity contribution in [2.24, 2.45) is 13.0 Å². The molecular weight excluding hydrogens is 356 g/mol. The molecule has 9 nitrogen and oxygen atoms in total. The Bertz CT molecular complexity index is 1100. The summed E-state index contributed by atoms with van der Waals surface area (Å²) in [5, 5.41) is 12.8. The quantitative estimate of drug-likeness (QED) is 0.546. The fourth-order valence-corrected chi connectivity index (χ4v) is 3.05. The van der Waals surface area contributed by atoms with E-state index in [0.29, 0.717) is 35.8 Å². The summed E-state index contributed by atoms with van der Waals surface area (Å²) in [6.07, 6.45) is 4.21. The smallest absolute Gasteiger partial charge is 0.226 e. The molecule has 0 aliphatic carbocycles. The van der Waals surface area contributed by atoms with E-state index in [1.165, 1.54) is 0 Å². The highest BCUT2D eigenvalue weighted by atomic mass is 16.5. The SMILES string of the molecule is Cc1nn(C)c2nc(-c3ccncc3)nc(NCc3noc(CC(C)C)n3)c12. The summed E-state index contributed by atoms with van der Waals surface area (Å²) in [6.45, 7) is 6.58. The summed E-state index contributed by atoms with van der Waals surface area (Å²) in [5.74, 6) is 3.00. The summed E-state index contributed by atoms with van der Waals surface area (Å²) >= 11 is 0. The van der Waals surface area contributed by atoms with Crippen LogP contribution >= 0.6 is 0 Å². The third kappa shape index (κ3) is 3.55. The molecule has 0 bridgehead atoms. The molecule has 0 amide bonds. The van der Waals surface area contributed by atoms with E-state index in [-0.39, 0.29) is 0 Å². The molecule has 0 saturated carbocycles. The van der Waals surface area contributed by atoms with Gasteiger partial charge in [-0.3, -0.25) is 9.67 Å². The second kappa shape index (κ2) is 7.34. The average Bonchev–Trinajstić information content (AvgIpc) is 3.24. The molecule has 4 aromatic heterocycles. The van der Waals surface area contributed by atoms with Crippen LogP contribution in [-0.2, 0) is 20.0 Å².